The van der Waals surface area contributed by atoms with Crippen LogP contribution in [-0.4, -0.2) is 52.6 Å². The second-order valence-corrected chi connectivity index (χ2v) is 16.7. The zero-order valence-corrected chi connectivity index (χ0v) is 33.1. The molecule has 6 atom stereocenters. The lowest BCUT2D eigenvalue weighted by atomic mass is 9.56. The first kappa shape index (κ1) is 39.6. The van der Waals surface area contributed by atoms with E-state index in [9.17, 15) is 37.5 Å². The number of benzene rings is 4. The number of phenols is 1. The van der Waals surface area contributed by atoms with Crippen molar-refractivity contribution >= 4 is 91.2 Å². The topological polar surface area (TPSA) is 123 Å². The Morgan fingerprint density at radius 3 is 1.91 bits per heavy atom. The zero-order chi connectivity index (χ0) is 41.7. The highest BCUT2D eigenvalue weighted by atomic mass is 79.9. The average Bonchev–Trinajstić information content (AvgIpc) is 3.54. The molecule has 2 aliphatic carbocycles. The number of alkyl halides is 2. The molecule has 8 rings (SSSR count). The second-order valence-electron chi connectivity index (χ2n) is 14.5. The first-order chi connectivity index (χ1) is 27.4. The van der Waals surface area contributed by atoms with Gasteiger partial charge in [0.05, 0.1) is 28.9 Å². The fraction of sp³-hybridized carbons (Fsp3) is 0.250. The van der Waals surface area contributed by atoms with Gasteiger partial charge >= 0.3 is 0 Å². The lowest BCUT2D eigenvalue weighted by Gasteiger charge is -2.50. The number of carbonyl (C=O) groups is 4. The number of halogens is 8. The number of hydrogen-bond donors (Lipinski definition) is 1. The number of fused-ring (bicyclic) bond motifs is 4. The average molecular weight is 903 g/mol. The van der Waals surface area contributed by atoms with Gasteiger partial charge in [0, 0.05) is 35.7 Å². The molecule has 0 radical (unpaired) electrons. The molecule has 6 unspecified atom stereocenters. The van der Waals surface area contributed by atoms with Crippen LogP contribution in [-0.2, 0) is 19.2 Å². The van der Waals surface area contributed by atoms with Crippen molar-refractivity contribution in [3.8, 4) is 5.75 Å². The highest BCUT2D eigenvalue weighted by Gasteiger charge is 2.77. The van der Waals surface area contributed by atoms with Crippen LogP contribution in [0.4, 0.5) is 50.4 Å². The van der Waals surface area contributed by atoms with Crippen LogP contribution >= 0.6 is 39.1 Å². The van der Waals surface area contributed by atoms with Crippen molar-refractivity contribution in [3.05, 3.63) is 118 Å². The second kappa shape index (κ2) is 14.0. The van der Waals surface area contributed by atoms with E-state index in [2.05, 4.69) is 26.2 Å². The Kier molecular flexibility index (Phi) is 9.55. The first-order valence-corrected chi connectivity index (χ1v) is 19.1. The predicted octanol–water partition coefficient (Wildman–Crippen LogP) is 9.10. The van der Waals surface area contributed by atoms with Crippen molar-refractivity contribution in [3.63, 3.8) is 0 Å². The molecular formula is C40H27BrCl2F5N5O5. The van der Waals surface area contributed by atoms with E-state index in [1.807, 2.05) is 31.1 Å². The predicted molar refractivity (Wildman–Crippen MR) is 206 cm³/mol. The van der Waals surface area contributed by atoms with Gasteiger partial charge in [0.25, 0.3) is 11.8 Å². The van der Waals surface area contributed by atoms with Crippen LogP contribution in [0.3, 0.4) is 0 Å². The SMILES string of the molecule is CN(C)c1ccc(N=Nc2ccc(N3C(=O)C4CC=C5C(CC6(Cl)C(=O)N(c7c(F)c(F)c(F)c(F)c7F)C(=O)C6(Cl)C5c5cc(Br)ccc5O)C4C3=O)cc2)cc1. The maximum absolute atomic E-state index is 15.3. The molecule has 298 valence electrons. The van der Waals surface area contributed by atoms with E-state index >= 15 is 8.78 Å². The quantitative estimate of drug-likeness (QED) is 0.0392. The Hall–Kier alpha value is -5.19. The lowest BCUT2D eigenvalue weighted by molar-refractivity contribution is -0.125. The molecule has 4 amide bonds. The van der Waals surface area contributed by atoms with Crippen LogP contribution in [0.15, 0.2) is 93.1 Å². The fourth-order valence-electron chi connectivity index (χ4n) is 8.52. The number of azo groups is 1. The van der Waals surface area contributed by atoms with E-state index in [1.54, 1.807) is 30.3 Å². The molecule has 3 fully saturated rings. The van der Waals surface area contributed by atoms with E-state index in [1.165, 1.54) is 30.3 Å². The van der Waals surface area contributed by atoms with E-state index < -0.39 is 104 Å². The molecule has 2 heterocycles. The summed E-state index contributed by atoms with van der Waals surface area (Å²) < 4.78 is 74.1. The van der Waals surface area contributed by atoms with Gasteiger partial charge in [0.1, 0.15) is 11.4 Å². The molecule has 1 saturated carbocycles. The number of amides is 4. The summed E-state index contributed by atoms with van der Waals surface area (Å²) in [7, 11) is 3.81. The molecular weight excluding hydrogens is 876 g/mol. The first-order valence-electron chi connectivity index (χ1n) is 17.6. The summed E-state index contributed by atoms with van der Waals surface area (Å²) in [5.41, 5.74) is 0.346. The van der Waals surface area contributed by atoms with Crippen molar-refractivity contribution in [2.75, 3.05) is 28.8 Å². The normalized spacial score (nSPS) is 26.6. The van der Waals surface area contributed by atoms with Crippen LogP contribution in [0.2, 0.25) is 0 Å². The standard InChI is InChI=1S/C40H27BrCl2F5N5O5/c1-51(2)20-8-4-18(5-9-20)49-50-19-6-10-21(11-7-19)52-35(55)23-13-12-22-25(27(23)36(52)56)16-39(42)37(57)53(34-32(47)30(45)29(44)31(46)33(34)48)38(58)40(39,43)28(22)24-15-17(41)3-14-26(24)54/h3-12,14-15,23,25,27-28,54H,13,16H2,1-2H3. The summed E-state index contributed by atoms with van der Waals surface area (Å²) in [5.74, 6) is -22.4. The van der Waals surface area contributed by atoms with Crippen LogP contribution in [0, 0.1) is 46.8 Å². The third kappa shape index (κ3) is 5.62. The van der Waals surface area contributed by atoms with Gasteiger partial charge in [0.2, 0.25) is 17.6 Å². The van der Waals surface area contributed by atoms with E-state index in [4.69, 9.17) is 23.2 Å². The van der Waals surface area contributed by atoms with Gasteiger partial charge in [-0.25, -0.2) is 26.9 Å². The minimum atomic E-state index is -2.77. The van der Waals surface area contributed by atoms with Gasteiger partial charge in [0.15, 0.2) is 33.0 Å². The molecule has 0 aromatic heterocycles. The molecule has 0 bridgehead atoms. The van der Waals surface area contributed by atoms with Crippen molar-refractivity contribution in [1.82, 2.24) is 0 Å². The maximum atomic E-state index is 15.3. The molecule has 2 saturated heterocycles. The third-order valence-corrected chi connectivity index (χ3v) is 13.2. The van der Waals surface area contributed by atoms with Crippen LogP contribution in [0.1, 0.15) is 24.3 Å². The molecule has 4 aliphatic rings. The minimum Gasteiger partial charge on any atom is -0.508 e. The monoisotopic (exact) mass is 901 g/mol. The van der Waals surface area contributed by atoms with Crippen molar-refractivity contribution in [2.45, 2.75) is 28.5 Å². The fourth-order valence-corrected chi connectivity index (χ4v) is 9.83. The van der Waals surface area contributed by atoms with Crippen molar-refractivity contribution in [1.29, 1.82) is 0 Å². The van der Waals surface area contributed by atoms with Crippen molar-refractivity contribution < 1.29 is 46.2 Å². The zero-order valence-electron chi connectivity index (χ0n) is 30.0. The summed E-state index contributed by atoms with van der Waals surface area (Å²) in [6.45, 7) is 0. The van der Waals surface area contributed by atoms with Gasteiger partial charge in [-0.05, 0) is 85.5 Å². The molecule has 4 aromatic rings. The number of rotatable bonds is 6. The van der Waals surface area contributed by atoms with E-state index in [-0.39, 0.29) is 28.1 Å². The third-order valence-electron chi connectivity index (χ3n) is 11.3. The molecule has 0 spiro atoms. The summed E-state index contributed by atoms with van der Waals surface area (Å²) in [4.78, 5) is 54.5. The lowest BCUT2D eigenvalue weighted by Crippen LogP contribution is -2.60. The summed E-state index contributed by atoms with van der Waals surface area (Å²) in [6, 6.07) is 17.5. The molecule has 4 aromatic carbocycles. The van der Waals surface area contributed by atoms with Crippen molar-refractivity contribution in [2.24, 2.45) is 28.0 Å². The number of carbonyl (C=O) groups excluding carboxylic acids is 4. The Morgan fingerprint density at radius 2 is 1.33 bits per heavy atom. The van der Waals surface area contributed by atoms with Crippen LogP contribution in [0.25, 0.3) is 0 Å². The molecule has 58 heavy (non-hydrogen) atoms. The Bertz CT molecular complexity index is 2520. The Morgan fingerprint density at radius 1 is 0.759 bits per heavy atom. The number of imide groups is 2. The number of anilines is 3. The molecule has 2 aliphatic heterocycles. The van der Waals surface area contributed by atoms with E-state index in [0.717, 1.165) is 10.6 Å². The Balaban J connectivity index is 1.19. The van der Waals surface area contributed by atoms with Gasteiger partial charge in [-0.1, -0.05) is 27.6 Å². The van der Waals surface area contributed by atoms with Crippen LogP contribution in [0.5, 0.6) is 5.75 Å². The van der Waals surface area contributed by atoms with Gasteiger partial charge in [-0.15, -0.1) is 23.2 Å². The summed E-state index contributed by atoms with van der Waals surface area (Å²) >= 11 is 17.6. The highest BCUT2D eigenvalue weighted by molar-refractivity contribution is 9.10. The summed E-state index contributed by atoms with van der Waals surface area (Å²) in [5, 5.41) is 19.7. The van der Waals surface area contributed by atoms with Crippen LogP contribution < -0.4 is 14.7 Å². The number of nitrogens with zero attached hydrogens (tertiary/aromatic N) is 5. The van der Waals surface area contributed by atoms with Gasteiger partial charge in [-0.3, -0.25) is 24.1 Å². The Labute approximate surface area is 344 Å². The highest BCUT2D eigenvalue weighted by Crippen LogP contribution is 2.67. The number of aromatic hydroxyl groups is 1. The maximum Gasteiger partial charge on any atom is 0.258 e. The molecule has 1 N–H and O–H groups in total. The number of hydrogen-bond acceptors (Lipinski definition) is 8. The molecule has 10 nitrogen and oxygen atoms in total. The number of phenolic OH excluding ortho intramolecular Hbond substituents is 1. The number of allylic oxidation sites excluding steroid dienone is 2. The van der Waals surface area contributed by atoms with E-state index in [0.29, 0.717) is 15.8 Å². The van der Waals surface area contributed by atoms with Gasteiger partial charge in [-0.2, -0.15) is 10.2 Å². The van der Waals surface area contributed by atoms with Gasteiger partial charge < -0.3 is 10.0 Å². The largest absolute Gasteiger partial charge is 0.508 e. The summed E-state index contributed by atoms with van der Waals surface area (Å²) in [6.07, 6.45) is 0.779. The minimum absolute atomic E-state index is 0.0759. The smallest absolute Gasteiger partial charge is 0.258 e. The molecule has 18 heteroatoms.